The SMILES string of the molecule is Cc1ncn(C2(C(=O)O)CCCCC2)c1C. The van der Waals surface area contributed by atoms with Gasteiger partial charge in [0.15, 0.2) is 0 Å². The fourth-order valence-electron chi connectivity index (χ4n) is 2.62. The number of aromatic nitrogens is 2. The number of carboxylic acid groups (broad SMARTS) is 1. The minimum Gasteiger partial charge on any atom is -0.479 e. The smallest absolute Gasteiger partial charge is 0.329 e. The third-order valence-electron chi connectivity index (χ3n) is 3.79. The van der Waals surface area contributed by atoms with Crippen LogP contribution in [0.4, 0.5) is 0 Å². The number of nitrogens with zero attached hydrogens (tertiary/aromatic N) is 2. The molecule has 1 heterocycles. The standard InChI is InChI=1S/C12H18N2O2/c1-9-10(2)14(8-13-9)12(11(15)16)6-4-3-5-7-12/h8H,3-7H2,1-2H3,(H,15,16). The van der Waals surface area contributed by atoms with Gasteiger partial charge in [-0.15, -0.1) is 0 Å². The summed E-state index contributed by atoms with van der Waals surface area (Å²) in [6.45, 7) is 3.87. The molecule has 4 nitrogen and oxygen atoms in total. The number of hydrogen-bond acceptors (Lipinski definition) is 2. The molecule has 0 bridgehead atoms. The Kier molecular flexibility index (Phi) is 2.74. The second-order valence-corrected chi connectivity index (χ2v) is 4.68. The summed E-state index contributed by atoms with van der Waals surface area (Å²) in [5.41, 5.74) is 1.15. The van der Waals surface area contributed by atoms with Gasteiger partial charge in [0.1, 0.15) is 5.54 Å². The number of rotatable bonds is 2. The molecule has 0 aromatic carbocycles. The van der Waals surface area contributed by atoms with Crippen molar-refractivity contribution in [2.45, 2.75) is 51.5 Å². The second kappa shape index (κ2) is 3.92. The Hall–Kier alpha value is -1.32. The summed E-state index contributed by atoms with van der Waals surface area (Å²) in [6, 6.07) is 0. The fraction of sp³-hybridized carbons (Fsp3) is 0.667. The van der Waals surface area contributed by atoms with Gasteiger partial charge in [-0.3, -0.25) is 0 Å². The van der Waals surface area contributed by atoms with Crippen molar-refractivity contribution in [3.63, 3.8) is 0 Å². The molecule has 1 aliphatic carbocycles. The lowest BCUT2D eigenvalue weighted by Gasteiger charge is -2.35. The van der Waals surface area contributed by atoms with Crippen molar-refractivity contribution in [3.8, 4) is 0 Å². The first-order chi connectivity index (χ1) is 7.58. The highest BCUT2D eigenvalue weighted by Gasteiger charge is 2.42. The number of hydrogen-bond donors (Lipinski definition) is 1. The molecule has 88 valence electrons. The van der Waals surface area contributed by atoms with Crippen molar-refractivity contribution in [2.24, 2.45) is 0 Å². The molecule has 1 fully saturated rings. The van der Waals surface area contributed by atoms with E-state index in [1.807, 2.05) is 18.4 Å². The largest absolute Gasteiger partial charge is 0.479 e. The Morgan fingerprint density at radius 2 is 2.00 bits per heavy atom. The molecule has 2 rings (SSSR count). The molecule has 0 unspecified atom stereocenters. The van der Waals surface area contributed by atoms with Crippen LogP contribution in [0, 0.1) is 13.8 Å². The maximum Gasteiger partial charge on any atom is 0.329 e. The van der Waals surface area contributed by atoms with Gasteiger partial charge in [0.05, 0.1) is 12.0 Å². The normalized spacial score (nSPS) is 19.6. The molecule has 0 aliphatic heterocycles. The summed E-state index contributed by atoms with van der Waals surface area (Å²) in [5, 5.41) is 9.53. The summed E-state index contributed by atoms with van der Waals surface area (Å²) < 4.78 is 1.86. The third-order valence-corrected chi connectivity index (χ3v) is 3.79. The first kappa shape index (κ1) is 11.2. The molecule has 0 amide bonds. The van der Waals surface area contributed by atoms with E-state index in [0.717, 1.165) is 43.5 Å². The van der Waals surface area contributed by atoms with E-state index in [4.69, 9.17) is 0 Å². The summed E-state index contributed by atoms with van der Waals surface area (Å²) in [5.74, 6) is -0.715. The van der Waals surface area contributed by atoms with E-state index in [2.05, 4.69) is 4.98 Å². The van der Waals surface area contributed by atoms with E-state index >= 15 is 0 Å². The fourth-order valence-corrected chi connectivity index (χ4v) is 2.62. The van der Waals surface area contributed by atoms with Gasteiger partial charge in [-0.25, -0.2) is 9.78 Å². The first-order valence-corrected chi connectivity index (χ1v) is 5.82. The van der Waals surface area contributed by atoms with Crippen LogP contribution in [-0.4, -0.2) is 20.6 Å². The van der Waals surface area contributed by atoms with Crippen LogP contribution in [0.25, 0.3) is 0 Å². The highest BCUT2D eigenvalue weighted by atomic mass is 16.4. The third kappa shape index (κ3) is 1.52. The predicted molar refractivity (Wildman–Crippen MR) is 60.4 cm³/mol. The Bertz CT molecular complexity index is 403. The van der Waals surface area contributed by atoms with E-state index in [-0.39, 0.29) is 0 Å². The Labute approximate surface area is 95.3 Å². The van der Waals surface area contributed by atoms with Crippen LogP contribution in [0.15, 0.2) is 6.33 Å². The van der Waals surface area contributed by atoms with Gasteiger partial charge < -0.3 is 9.67 Å². The van der Waals surface area contributed by atoms with Crippen molar-refractivity contribution in [2.75, 3.05) is 0 Å². The molecular formula is C12H18N2O2. The van der Waals surface area contributed by atoms with Crippen LogP contribution in [0.1, 0.15) is 43.5 Å². The van der Waals surface area contributed by atoms with E-state index in [1.165, 1.54) is 0 Å². The summed E-state index contributed by atoms with van der Waals surface area (Å²) in [4.78, 5) is 15.8. The molecule has 0 saturated heterocycles. The molecule has 0 spiro atoms. The minimum absolute atomic E-state index is 0.715. The average Bonchev–Trinajstić information content (AvgIpc) is 2.61. The van der Waals surface area contributed by atoms with Crippen LogP contribution in [-0.2, 0) is 10.3 Å². The minimum atomic E-state index is -0.746. The summed E-state index contributed by atoms with van der Waals surface area (Å²) >= 11 is 0. The molecule has 16 heavy (non-hydrogen) atoms. The van der Waals surface area contributed by atoms with Crippen molar-refractivity contribution in [1.82, 2.24) is 9.55 Å². The molecule has 1 saturated carbocycles. The second-order valence-electron chi connectivity index (χ2n) is 4.68. The number of imidazole rings is 1. The zero-order chi connectivity index (χ0) is 11.8. The van der Waals surface area contributed by atoms with Crippen LogP contribution in [0.5, 0.6) is 0 Å². The lowest BCUT2D eigenvalue weighted by atomic mass is 9.81. The maximum atomic E-state index is 11.6. The van der Waals surface area contributed by atoms with E-state index < -0.39 is 11.5 Å². The molecule has 1 aromatic rings. The van der Waals surface area contributed by atoms with Crippen molar-refractivity contribution < 1.29 is 9.90 Å². The van der Waals surface area contributed by atoms with E-state index in [0.29, 0.717) is 0 Å². The Balaban J connectivity index is 2.47. The van der Waals surface area contributed by atoms with Gasteiger partial charge in [0.25, 0.3) is 0 Å². The van der Waals surface area contributed by atoms with Gasteiger partial charge in [-0.2, -0.15) is 0 Å². The monoisotopic (exact) mass is 222 g/mol. The van der Waals surface area contributed by atoms with Gasteiger partial charge in [0, 0.05) is 5.69 Å². The number of aliphatic carboxylic acids is 1. The molecule has 0 atom stereocenters. The Morgan fingerprint density at radius 3 is 2.44 bits per heavy atom. The van der Waals surface area contributed by atoms with Gasteiger partial charge in [-0.1, -0.05) is 19.3 Å². The summed E-state index contributed by atoms with van der Waals surface area (Å²) in [7, 11) is 0. The van der Waals surface area contributed by atoms with Crippen molar-refractivity contribution in [3.05, 3.63) is 17.7 Å². The first-order valence-electron chi connectivity index (χ1n) is 5.82. The lowest BCUT2D eigenvalue weighted by Crippen LogP contribution is -2.43. The van der Waals surface area contributed by atoms with Crippen molar-refractivity contribution >= 4 is 5.97 Å². The van der Waals surface area contributed by atoms with E-state index in [1.54, 1.807) is 6.33 Å². The van der Waals surface area contributed by atoms with Gasteiger partial charge in [-0.05, 0) is 26.7 Å². The van der Waals surface area contributed by atoms with E-state index in [9.17, 15) is 9.90 Å². The molecule has 1 aromatic heterocycles. The van der Waals surface area contributed by atoms with Crippen LogP contribution in [0.3, 0.4) is 0 Å². The van der Waals surface area contributed by atoms with Crippen LogP contribution in [0.2, 0.25) is 0 Å². The van der Waals surface area contributed by atoms with Crippen LogP contribution >= 0.6 is 0 Å². The Morgan fingerprint density at radius 1 is 1.38 bits per heavy atom. The predicted octanol–water partition coefficient (Wildman–Crippen LogP) is 2.24. The zero-order valence-corrected chi connectivity index (χ0v) is 9.86. The molecule has 1 aliphatic rings. The quantitative estimate of drug-likeness (QED) is 0.835. The highest BCUT2D eigenvalue weighted by Crippen LogP contribution is 2.36. The topological polar surface area (TPSA) is 55.1 Å². The number of carboxylic acids is 1. The summed E-state index contributed by atoms with van der Waals surface area (Å²) in [6.07, 6.45) is 6.25. The van der Waals surface area contributed by atoms with Crippen molar-refractivity contribution in [1.29, 1.82) is 0 Å². The highest BCUT2D eigenvalue weighted by molar-refractivity contribution is 5.77. The molecule has 4 heteroatoms. The zero-order valence-electron chi connectivity index (χ0n) is 9.86. The van der Waals surface area contributed by atoms with Crippen LogP contribution < -0.4 is 0 Å². The number of carbonyl (C=O) groups is 1. The van der Waals surface area contributed by atoms with Gasteiger partial charge >= 0.3 is 5.97 Å². The van der Waals surface area contributed by atoms with Gasteiger partial charge in [0.2, 0.25) is 0 Å². The molecular weight excluding hydrogens is 204 g/mol. The maximum absolute atomic E-state index is 11.6. The molecule has 0 radical (unpaired) electrons. The number of aryl methyl sites for hydroxylation is 1. The average molecular weight is 222 g/mol. The lowest BCUT2D eigenvalue weighted by molar-refractivity contribution is -0.149. The molecule has 1 N–H and O–H groups in total.